The zero-order valence-electron chi connectivity index (χ0n) is 18.3. The summed E-state index contributed by atoms with van der Waals surface area (Å²) in [5.74, 6) is -0.205. The number of aryl methyl sites for hydroxylation is 2. The maximum Gasteiger partial charge on any atom is 0.255 e. The number of hydrogen-bond acceptors (Lipinski definition) is 3. The Morgan fingerprint density at radius 2 is 1.85 bits per heavy atom. The molecule has 1 atom stereocenters. The van der Waals surface area contributed by atoms with E-state index in [1.807, 2.05) is 47.8 Å². The van der Waals surface area contributed by atoms with Gasteiger partial charge in [-0.3, -0.25) is 9.78 Å². The highest BCUT2D eigenvalue weighted by Gasteiger charge is 2.32. The van der Waals surface area contributed by atoms with Crippen LogP contribution in [-0.4, -0.2) is 31.9 Å². The Balaban J connectivity index is 1.42. The molecule has 0 bridgehead atoms. The number of carbonyl (C=O) groups is 1. The highest BCUT2D eigenvalue weighted by atomic mass is 19.1. The van der Waals surface area contributed by atoms with Crippen molar-refractivity contribution in [3.63, 3.8) is 0 Å². The number of imidazole rings is 1. The van der Waals surface area contributed by atoms with Crippen molar-refractivity contribution in [2.45, 2.75) is 31.8 Å². The van der Waals surface area contributed by atoms with E-state index in [-0.39, 0.29) is 17.8 Å². The van der Waals surface area contributed by atoms with Crippen molar-refractivity contribution in [1.29, 1.82) is 0 Å². The molecule has 2 aromatic heterocycles. The van der Waals surface area contributed by atoms with E-state index >= 15 is 0 Å². The molecule has 1 aliphatic heterocycles. The molecule has 2 aromatic carbocycles. The van der Waals surface area contributed by atoms with E-state index in [9.17, 15) is 9.18 Å². The standard InChI is InChI=1S/C27H25FN4O/c28-22-11-9-20(10-12-22)13-16-31-19-30-18-26(31)24-7-2-1-6-23(24)25-8-4-15-32(25)27(33)21-5-3-14-29-17-21/h1-3,5-7,9-12,14,17-19,25H,4,8,13,15-16H2. The average Bonchev–Trinajstić information content (AvgIpc) is 3.54. The maximum atomic E-state index is 13.2. The molecule has 1 aliphatic rings. The molecule has 5 rings (SSSR count). The van der Waals surface area contributed by atoms with Gasteiger partial charge < -0.3 is 9.47 Å². The summed E-state index contributed by atoms with van der Waals surface area (Å²) in [6.07, 6.45) is 9.70. The molecule has 1 saturated heterocycles. The Kier molecular flexibility index (Phi) is 5.98. The van der Waals surface area contributed by atoms with Crippen molar-refractivity contribution in [2.75, 3.05) is 6.54 Å². The van der Waals surface area contributed by atoms with Crippen molar-refractivity contribution in [2.24, 2.45) is 0 Å². The van der Waals surface area contributed by atoms with Crippen LogP contribution in [0.4, 0.5) is 4.39 Å². The lowest BCUT2D eigenvalue weighted by molar-refractivity contribution is 0.0735. The van der Waals surface area contributed by atoms with Crippen molar-refractivity contribution < 1.29 is 9.18 Å². The number of halogens is 1. The zero-order chi connectivity index (χ0) is 22.6. The minimum Gasteiger partial charge on any atom is -0.332 e. The fourth-order valence-electron chi connectivity index (χ4n) is 4.63. The van der Waals surface area contributed by atoms with Crippen LogP contribution in [0, 0.1) is 5.82 Å². The summed E-state index contributed by atoms with van der Waals surface area (Å²) in [4.78, 5) is 23.7. The number of nitrogens with zero attached hydrogens (tertiary/aromatic N) is 4. The third-order valence-electron chi connectivity index (χ3n) is 6.28. The molecule has 0 N–H and O–H groups in total. The summed E-state index contributed by atoms with van der Waals surface area (Å²) in [5.41, 5.74) is 4.94. The number of pyridine rings is 1. The van der Waals surface area contributed by atoms with Crippen molar-refractivity contribution in [1.82, 2.24) is 19.4 Å². The Labute approximate surface area is 192 Å². The molecular formula is C27H25FN4O. The lowest BCUT2D eigenvalue weighted by atomic mass is 9.96. The molecule has 166 valence electrons. The molecule has 33 heavy (non-hydrogen) atoms. The Bertz CT molecular complexity index is 1240. The predicted molar refractivity (Wildman–Crippen MR) is 125 cm³/mol. The van der Waals surface area contributed by atoms with Gasteiger partial charge in [0.15, 0.2) is 0 Å². The van der Waals surface area contributed by atoms with Crippen LogP contribution in [0.15, 0.2) is 85.6 Å². The van der Waals surface area contributed by atoms with Crippen LogP contribution in [0.3, 0.4) is 0 Å². The van der Waals surface area contributed by atoms with Crippen molar-refractivity contribution in [3.8, 4) is 11.3 Å². The van der Waals surface area contributed by atoms with Crippen molar-refractivity contribution >= 4 is 5.91 Å². The molecule has 0 radical (unpaired) electrons. The fourth-order valence-corrected chi connectivity index (χ4v) is 4.63. The number of carbonyl (C=O) groups excluding carboxylic acids is 1. The minimum absolute atomic E-state index is 0.00866. The Morgan fingerprint density at radius 3 is 2.67 bits per heavy atom. The maximum absolute atomic E-state index is 13.2. The van der Waals surface area contributed by atoms with Gasteiger partial charge in [0.25, 0.3) is 5.91 Å². The summed E-state index contributed by atoms with van der Waals surface area (Å²) in [7, 11) is 0. The van der Waals surface area contributed by atoms with E-state index in [2.05, 4.69) is 26.7 Å². The third kappa shape index (κ3) is 4.42. The first kappa shape index (κ1) is 21.1. The number of likely N-dealkylation sites (tertiary alicyclic amines) is 1. The van der Waals surface area contributed by atoms with Crippen LogP contribution in [0.1, 0.15) is 40.4 Å². The molecular weight excluding hydrogens is 415 g/mol. The number of hydrogen-bond donors (Lipinski definition) is 0. The quantitative estimate of drug-likeness (QED) is 0.409. The van der Waals surface area contributed by atoms with E-state index in [1.54, 1.807) is 18.5 Å². The fraction of sp³-hybridized carbons (Fsp3) is 0.222. The van der Waals surface area contributed by atoms with Crippen LogP contribution in [0.2, 0.25) is 0 Å². The lowest BCUT2D eigenvalue weighted by Crippen LogP contribution is -2.31. The second-order valence-electron chi connectivity index (χ2n) is 8.33. The summed E-state index contributed by atoms with van der Waals surface area (Å²) >= 11 is 0. The van der Waals surface area contributed by atoms with Gasteiger partial charge in [0, 0.05) is 31.0 Å². The van der Waals surface area contributed by atoms with Gasteiger partial charge in [0.1, 0.15) is 5.82 Å². The number of benzene rings is 2. The van der Waals surface area contributed by atoms with E-state index < -0.39 is 0 Å². The van der Waals surface area contributed by atoms with Gasteiger partial charge in [-0.25, -0.2) is 9.37 Å². The summed E-state index contributed by atoms with van der Waals surface area (Å²) in [5, 5.41) is 0. The molecule has 1 unspecified atom stereocenters. The number of aromatic nitrogens is 3. The highest BCUT2D eigenvalue weighted by molar-refractivity contribution is 5.94. The summed E-state index contributed by atoms with van der Waals surface area (Å²) in [6, 6.07) is 18.5. The van der Waals surface area contributed by atoms with E-state index in [1.165, 1.54) is 12.1 Å². The highest BCUT2D eigenvalue weighted by Crippen LogP contribution is 2.38. The van der Waals surface area contributed by atoms with Crippen LogP contribution in [-0.2, 0) is 13.0 Å². The summed E-state index contributed by atoms with van der Waals surface area (Å²) < 4.78 is 15.4. The molecule has 1 amide bonds. The predicted octanol–water partition coefficient (Wildman–Crippen LogP) is 5.30. The minimum atomic E-state index is -0.224. The van der Waals surface area contributed by atoms with Gasteiger partial charge in [0.05, 0.1) is 29.8 Å². The van der Waals surface area contributed by atoms with E-state index in [0.717, 1.165) is 54.7 Å². The first-order valence-corrected chi connectivity index (χ1v) is 11.3. The largest absolute Gasteiger partial charge is 0.332 e. The topological polar surface area (TPSA) is 51.0 Å². The van der Waals surface area contributed by atoms with Gasteiger partial charge in [-0.15, -0.1) is 0 Å². The van der Waals surface area contributed by atoms with Gasteiger partial charge in [-0.1, -0.05) is 36.4 Å². The van der Waals surface area contributed by atoms with Gasteiger partial charge >= 0.3 is 0 Å². The van der Waals surface area contributed by atoms with E-state index in [4.69, 9.17) is 0 Å². The number of amides is 1. The molecule has 0 saturated carbocycles. The molecule has 0 aliphatic carbocycles. The number of rotatable bonds is 6. The lowest BCUT2D eigenvalue weighted by Gasteiger charge is -2.27. The SMILES string of the molecule is O=C(c1cccnc1)N1CCCC1c1ccccc1-c1cncn1CCc1ccc(F)cc1. The molecule has 6 heteroatoms. The van der Waals surface area contributed by atoms with Crippen LogP contribution in [0.5, 0.6) is 0 Å². The first-order chi connectivity index (χ1) is 16.2. The monoisotopic (exact) mass is 440 g/mol. The average molecular weight is 441 g/mol. The van der Waals surface area contributed by atoms with Gasteiger partial charge in [0.2, 0.25) is 0 Å². The zero-order valence-corrected chi connectivity index (χ0v) is 18.3. The molecule has 3 heterocycles. The molecule has 1 fully saturated rings. The second-order valence-corrected chi connectivity index (χ2v) is 8.33. The van der Waals surface area contributed by atoms with Crippen LogP contribution < -0.4 is 0 Å². The van der Waals surface area contributed by atoms with Crippen LogP contribution >= 0.6 is 0 Å². The van der Waals surface area contributed by atoms with Gasteiger partial charge in [-0.05, 0) is 54.7 Å². The van der Waals surface area contributed by atoms with Crippen molar-refractivity contribution in [3.05, 3.63) is 108 Å². The smallest absolute Gasteiger partial charge is 0.255 e. The Morgan fingerprint density at radius 1 is 1.00 bits per heavy atom. The van der Waals surface area contributed by atoms with Gasteiger partial charge in [-0.2, -0.15) is 0 Å². The summed E-state index contributed by atoms with van der Waals surface area (Å²) in [6.45, 7) is 1.47. The second kappa shape index (κ2) is 9.36. The molecule has 0 spiro atoms. The van der Waals surface area contributed by atoms with Crippen LogP contribution in [0.25, 0.3) is 11.3 Å². The van der Waals surface area contributed by atoms with E-state index in [0.29, 0.717) is 5.56 Å². The molecule has 5 nitrogen and oxygen atoms in total. The normalized spacial score (nSPS) is 15.7. The Hall–Kier alpha value is -3.80. The molecule has 4 aromatic rings. The first-order valence-electron chi connectivity index (χ1n) is 11.3. The third-order valence-corrected chi connectivity index (χ3v) is 6.28.